The van der Waals surface area contributed by atoms with Crippen molar-refractivity contribution in [3.8, 4) is 11.5 Å². The summed E-state index contributed by atoms with van der Waals surface area (Å²) in [5, 5.41) is 10.5. The summed E-state index contributed by atoms with van der Waals surface area (Å²) in [6, 6.07) is 10.2. The molecule has 1 N–H and O–H groups in total. The SMILES string of the molecule is COc1cc(Br)cc(/C=C2\SC(=O)N(Cc3ccc(Cl)cc3)C2=O)c1O. The number of carbonyl (C=O) groups excluding carboxylic acids is 2. The van der Waals surface area contributed by atoms with Crippen LogP contribution in [0.2, 0.25) is 5.02 Å². The highest BCUT2D eigenvalue weighted by molar-refractivity contribution is 9.10. The molecule has 2 aromatic carbocycles. The first kappa shape index (κ1) is 18.8. The lowest BCUT2D eigenvalue weighted by atomic mass is 10.1. The fraction of sp³-hybridized carbons (Fsp3) is 0.111. The number of phenols is 1. The molecule has 3 rings (SSSR count). The monoisotopic (exact) mass is 453 g/mol. The number of nitrogens with zero attached hydrogens (tertiary/aromatic N) is 1. The highest BCUT2D eigenvalue weighted by Gasteiger charge is 2.35. The van der Waals surface area contributed by atoms with E-state index < -0.39 is 5.91 Å². The van der Waals surface area contributed by atoms with Gasteiger partial charge in [0, 0.05) is 15.1 Å². The van der Waals surface area contributed by atoms with E-state index in [1.54, 1.807) is 36.4 Å². The summed E-state index contributed by atoms with van der Waals surface area (Å²) < 4.78 is 5.78. The van der Waals surface area contributed by atoms with Crippen molar-refractivity contribution >= 4 is 56.5 Å². The molecule has 0 aromatic heterocycles. The summed E-state index contributed by atoms with van der Waals surface area (Å²) in [5.74, 6) is -0.237. The smallest absolute Gasteiger partial charge is 0.293 e. The van der Waals surface area contributed by atoms with Crippen LogP contribution in [0.3, 0.4) is 0 Å². The van der Waals surface area contributed by atoms with Crippen molar-refractivity contribution in [1.82, 2.24) is 4.90 Å². The zero-order chi connectivity index (χ0) is 18.8. The number of hydrogen-bond acceptors (Lipinski definition) is 5. The fourth-order valence-electron chi connectivity index (χ4n) is 2.41. The molecule has 0 atom stereocenters. The number of amides is 2. The molecule has 0 spiro atoms. The van der Waals surface area contributed by atoms with E-state index in [0.29, 0.717) is 15.1 Å². The minimum Gasteiger partial charge on any atom is -0.504 e. The van der Waals surface area contributed by atoms with Gasteiger partial charge in [0.25, 0.3) is 11.1 Å². The largest absolute Gasteiger partial charge is 0.504 e. The third-order valence-corrected chi connectivity index (χ3v) is 5.32. The van der Waals surface area contributed by atoms with Crippen LogP contribution >= 0.6 is 39.3 Å². The number of benzene rings is 2. The lowest BCUT2D eigenvalue weighted by Crippen LogP contribution is -2.27. The van der Waals surface area contributed by atoms with Gasteiger partial charge in [-0.3, -0.25) is 14.5 Å². The van der Waals surface area contributed by atoms with E-state index in [1.807, 2.05) is 0 Å². The van der Waals surface area contributed by atoms with Crippen LogP contribution in [0.25, 0.3) is 6.08 Å². The molecule has 1 fully saturated rings. The maximum Gasteiger partial charge on any atom is 0.293 e. The quantitative estimate of drug-likeness (QED) is 0.655. The van der Waals surface area contributed by atoms with E-state index in [1.165, 1.54) is 13.2 Å². The van der Waals surface area contributed by atoms with Gasteiger partial charge < -0.3 is 9.84 Å². The Labute approximate surface area is 167 Å². The molecule has 2 aromatic rings. The Hall–Kier alpha value is -1.96. The second kappa shape index (κ2) is 7.73. The zero-order valence-corrected chi connectivity index (χ0v) is 16.7. The van der Waals surface area contributed by atoms with E-state index in [2.05, 4.69) is 15.9 Å². The highest BCUT2D eigenvalue weighted by Crippen LogP contribution is 2.39. The number of phenolic OH excluding ortho intramolecular Hbond substituents is 1. The van der Waals surface area contributed by atoms with Gasteiger partial charge in [0.1, 0.15) is 0 Å². The summed E-state index contributed by atoms with van der Waals surface area (Å²) in [5.41, 5.74) is 1.18. The molecular weight excluding hydrogens is 442 g/mol. The van der Waals surface area contributed by atoms with Gasteiger partial charge in [0.05, 0.1) is 18.6 Å². The second-order valence-corrected chi connectivity index (χ2v) is 7.79. The van der Waals surface area contributed by atoms with Crippen molar-refractivity contribution in [2.24, 2.45) is 0 Å². The standard InChI is InChI=1S/C18H13BrClNO4S/c1-25-14-8-12(19)6-11(16(14)22)7-15-17(23)21(18(24)26-15)9-10-2-4-13(20)5-3-10/h2-8,22H,9H2,1H3/b15-7-. The molecule has 8 heteroatoms. The van der Waals surface area contributed by atoms with Gasteiger partial charge in [-0.2, -0.15) is 0 Å². The number of imide groups is 1. The van der Waals surface area contributed by atoms with E-state index in [-0.39, 0.29) is 28.2 Å². The van der Waals surface area contributed by atoms with Crippen LogP contribution in [0.5, 0.6) is 11.5 Å². The minimum absolute atomic E-state index is 0.0970. The van der Waals surface area contributed by atoms with Crippen molar-refractivity contribution in [3.05, 3.63) is 61.9 Å². The first-order valence-electron chi connectivity index (χ1n) is 7.45. The number of methoxy groups -OCH3 is 1. The van der Waals surface area contributed by atoms with Gasteiger partial charge in [-0.25, -0.2) is 0 Å². The number of rotatable bonds is 4. The van der Waals surface area contributed by atoms with Crippen LogP contribution in [-0.4, -0.2) is 28.3 Å². The van der Waals surface area contributed by atoms with Crippen molar-refractivity contribution in [2.75, 3.05) is 7.11 Å². The molecule has 0 bridgehead atoms. The summed E-state index contributed by atoms with van der Waals surface area (Å²) in [6.07, 6.45) is 1.48. The number of thioether (sulfide) groups is 1. The predicted octanol–water partition coefficient (Wildman–Crippen LogP) is 5.05. The third-order valence-electron chi connectivity index (χ3n) is 3.70. The summed E-state index contributed by atoms with van der Waals surface area (Å²) >= 11 is 10.0. The molecule has 2 amide bonds. The van der Waals surface area contributed by atoms with Crippen LogP contribution in [0, 0.1) is 0 Å². The molecule has 0 aliphatic carbocycles. The number of carbonyl (C=O) groups is 2. The molecule has 0 saturated carbocycles. The Kier molecular flexibility index (Phi) is 5.60. The molecule has 1 saturated heterocycles. The van der Waals surface area contributed by atoms with E-state index >= 15 is 0 Å². The summed E-state index contributed by atoms with van der Waals surface area (Å²) in [4.78, 5) is 26.2. The molecule has 0 radical (unpaired) electrons. The first-order valence-corrected chi connectivity index (χ1v) is 9.44. The summed E-state index contributed by atoms with van der Waals surface area (Å²) in [6.45, 7) is 0.160. The highest BCUT2D eigenvalue weighted by atomic mass is 79.9. The molecule has 1 aliphatic rings. The lowest BCUT2D eigenvalue weighted by molar-refractivity contribution is -0.123. The molecular formula is C18H13BrClNO4S. The third kappa shape index (κ3) is 3.90. The Bertz CT molecular complexity index is 914. The van der Waals surface area contributed by atoms with Gasteiger partial charge in [0.2, 0.25) is 0 Å². The fourth-order valence-corrected chi connectivity index (χ4v) is 3.82. The van der Waals surface area contributed by atoms with Crippen molar-refractivity contribution in [2.45, 2.75) is 6.54 Å². The van der Waals surface area contributed by atoms with E-state index in [0.717, 1.165) is 22.2 Å². The average Bonchev–Trinajstić information content (AvgIpc) is 2.87. The van der Waals surface area contributed by atoms with Crippen LogP contribution in [0.4, 0.5) is 4.79 Å². The topological polar surface area (TPSA) is 66.8 Å². The second-order valence-electron chi connectivity index (χ2n) is 5.44. The van der Waals surface area contributed by atoms with Gasteiger partial charge in [-0.05, 0) is 47.7 Å². The van der Waals surface area contributed by atoms with E-state index in [4.69, 9.17) is 16.3 Å². The molecule has 1 aliphatic heterocycles. The maximum absolute atomic E-state index is 12.6. The molecule has 0 unspecified atom stereocenters. The molecule has 5 nitrogen and oxygen atoms in total. The Balaban J connectivity index is 1.88. The van der Waals surface area contributed by atoms with Gasteiger partial charge >= 0.3 is 0 Å². The van der Waals surface area contributed by atoms with Gasteiger partial charge in [0.15, 0.2) is 11.5 Å². The molecule has 1 heterocycles. The number of ether oxygens (including phenoxy) is 1. The first-order chi connectivity index (χ1) is 12.4. The van der Waals surface area contributed by atoms with Crippen molar-refractivity contribution < 1.29 is 19.4 Å². The molecule has 134 valence electrons. The Morgan fingerprint density at radius 2 is 1.96 bits per heavy atom. The average molecular weight is 455 g/mol. The minimum atomic E-state index is -0.409. The zero-order valence-electron chi connectivity index (χ0n) is 13.5. The Morgan fingerprint density at radius 3 is 2.62 bits per heavy atom. The number of halogens is 2. The maximum atomic E-state index is 12.6. The van der Waals surface area contributed by atoms with E-state index in [9.17, 15) is 14.7 Å². The Morgan fingerprint density at radius 1 is 1.27 bits per heavy atom. The number of hydrogen-bond donors (Lipinski definition) is 1. The van der Waals surface area contributed by atoms with Crippen molar-refractivity contribution in [1.29, 1.82) is 0 Å². The number of aromatic hydroxyl groups is 1. The van der Waals surface area contributed by atoms with Crippen LogP contribution in [0.1, 0.15) is 11.1 Å². The summed E-state index contributed by atoms with van der Waals surface area (Å²) in [7, 11) is 1.44. The predicted molar refractivity (Wildman–Crippen MR) is 105 cm³/mol. The lowest BCUT2D eigenvalue weighted by Gasteiger charge is -2.12. The molecule has 26 heavy (non-hydrogen) atoms. The van der Waals surface area contributed by atoms with Gasteiger partial charge in [-0.15, -0.1) is 0 Å². The normalized spacial score (nSPS) is 15.8. The van der Waals surface area contributed by atoms with Crippen LogP contribution in [-0.2, 0) is 11.3 Å². The van der Waals surface area contributed by atoms with Gasteiger partial charge in [-0.1, -0.05) is 39.7 Å². The van der Waals surface area contributed by atoms with Crippen LogP contribution in [0.15, 0.2) is 45.8 Å². The van der Waals surface area contributed by atoms with Crippen molar-refractivity contribution in [3.63, 3.8) is 0 Å². The van der Waals surface area contributed by atoms with Crippen LogP contribution < -0.4 is 4.74 Å².